The molecule has 2 aromatic rings. The number of nitrogens with one attached hydrogen (secondary N) is 1. The third-order valence-corrected chi connectivity index (χ3v) is 3.32. The Labute approximate surface area is 134 Å². The molecule has 2 N–H and O–H groups in total. The van der Waals surface area contributed by atoms with Gasteiger partial charge in [-0.3, -0.25) is 4.68 Å². The Hall–Kier alpha value is -2.54. The molecule has 0 fully saturated rings. The maximum Gasteiger partial charge on any atom is 0.358 e. The van der Waals surface area contributed by atoms with Crippen molar-refractivity contribution in [1.29, 1.82) is 0 Å². The molecular weight excluding hydrogens is 298 g/mol. The number of aromatic carboxylic acids is 1. The predicted octanol–water partition coefficient (Wildman–Crippen LogP) is 2.28. The Bertz CT molecular complexity index is 682. The molecular formula is C16H21N3O4. The summed E-state index contributed by atoms with van der Waals surface area (Å²) >= 11 is 0. The minimum Gasteiger partial charge on any atom is -0.496 e. The summed E-state index contributed by atoms with van der Waals surface area (Å²) in [7, 11) is 3.31. The van der Waals surface area contributed by atoms with Gasteiger partial charge in [-0.15, -0.1) is 0 Å². The van der Waals surface area contributed by atoms with Gasteiger partial charge in [-0.25, -0.2) is 4.79 Å². The number of ether oxygens (including phenoxy) is 2. The van der Waals surface area contributed by atoms with Crippen LogP contribution < -0.4 is 10.1 Å². The summed E-state index contributed by atoms with van der Waals surface area (Å²) in [4.78, 5) is 11.2. The Morgan fingerprint density at radius 1 is 1.43 bits per heavy atom. The van der Waals surface area contributed by atoms with Gasteiger partial charge in [-0.1, -0.05) is 6.07 Å². The van der Waals surface area contributed by atoms with Gasteiger partial charge in [0.2, 0.25) is 0 Å². The number of anilines is 1. The number of benzene rings is 1. The largest absolute Gasteiger partial charge is 0.496 e. The highest BCUT2D eigenvalue weighted by molar-refractivity contribution is 5.91. The monoisotopic (exact) mass is 319 g/mol. The summed E-state index contributed by atoms with van der Waals surface area (Å²) in [6, 6.07) is 5.79. The molecule has 2 rings (SSSR count). The Balaban J connectivity index is 2.13. The second kappa shape index (κ2) is 7.64. The van der Waals surface area contributed by atoms with E-state index in [1.165, 1.54) is 4.68 Å². The van der Waals surface area contributed by atoms with E-state index < -0.39 is 5.97 Å². The molecule has 7 nitrogen and oxygen atoms in total. The fourth-order valence-electron chi connectivity index (χ4n) is 2.24. The molecule has 0 bridgehead atoms. The molecule has 0 saturated carbocycles. The van der Waals surface area contributed by atoms with Crippen LogP contribution in [0.15, 0.2) is 24.4 Å². The van der Waals surface area contributed by atoms with E-state index in [9.17, 15) is 4.79 Å². The van der Waals surface area contributed by atoms with Crippen molar-refractivity contribution in [3.05, 3.63) is 41.2 Å². The number of carboxylic acid groups (broad SMARTS) is 1. The lowest BCUT2D eigenvalue weighted by molar-refractivity contribution is 0.0690. The van der Waals surface area contributed by atoms with E-state index in [-0.39, 0.29) is 5.69 Å². The average Bonchev–Trinajstić information content (AvgIpc) is 2.92. The van der Waals surface area contributed by atoms with Crippen LogP contribution in [0, 0.1) is 0 Å². The molecule has 0 atom stereocenters. The molecule has 0 aliphatic heterocycles. The van der Waals surface area contributed by atoms with Crippen LogP contribution >= 0.6 is 0 Å². The van der Waals surface area contributed by atoms with Crippen molar-refractivity contribution in [2.75, 3.05) is 19.0 Å². The third kappa shape index (κ3) is 4.23. The van der Waals surface area contributed by atoms with E-state index in [4.69, 9.17) is 14.6 Å². The van der Waals surface area contributed by atoms with Gasteiger partial charge in [-0.05, 0) is 24.6 Å². The minimum absolute atomic E-state index is 0.00977. The molecule has 0 radical (unpaired) electrons. The molecule has 1 heterocycles. The van der Waals surface area contributed by atoms with Gasteiger partial charge in [0.15, 0.2) is 5.69 Å². The van der Waals surface area contributed by atoms with Crippen LogP contribution in [0.25, 0.3) is 0 Å². The van der Waals surface area contributed by atoms with E-state index in [1.807, 2.05) is 25.1 Å². The molecule has 0 saturated heterocycles. The van der Waals surface area contributed by atoms with Crippen LogP contribution in [-0.2, 0) is 24.9 Å². The van der Waals surface area contributed by atoms with Crippen molar-refractivity contribution in [3.8, 4) is 5.75 Å². The first-order valence-corrected chi connectivity index (χ1v) is 7.29. The molecule has 0 unspecified atom stereocenters. The standard InChI is InChI=1S/C16H21N3O4/c1-4-23-10-12-7-11(5-6-14(12)22-3)8-17-13-9-19(2)18-15(13)16(20)21/h5-7,9,17H,4,8,10H2,1-3H3,(H,20,21). The molecule has 0 amide bonds. The number of aryl methyl sites for hydroxylation is 1. The first kappa shape index (κ1) is 16.8. The lowest BCUT2D eigenvalue weighted by Crippen LogP contribution is -2.06. The number of hydrogen-bond donors (Lipinski definition) is 2. The maximum atomic E-state index is 11.2. The zero-order valence-electron chi connectivity index (χ0n) is 13.5. The summed E-state index contributed by atoms with van der Waals surface area (Å²) in [6.45, 7) is 3.52. The molecule has 23 heavy (non-hydrogen) atoms. The van der Waals surface area contributed by atoms with Gasteiger partial charge in [0.25, 0.3) is 0 Å². The van der Waals surface area contributed by atoms with Gasteiger partial charge in [0.05, 0.1) is 19.4 Å². The normalized spacial score (nSPS) is 10.6. The summed E-state index contributed by atoms with van der Waals surface area (Å²) in [5.41, 5.74) is 2.46. The van der Waals surface area contributed by atoms with Crippen LogP contribution in [0.2, 0.25) is 0 Å². The van der Waals surface area contributed by atoms with Gasteiger partial charge in [-0.2, -0.15) is 5.10 Å². The van der Waals surface area contributed by atoms with Crippen LogP contribution in [0.4, 0.5) is 5.69 Å². The summed E-state index contributed by atoms with van der Waals surface area (Å²) in [5, 5.41) is 16.2. The Kier molecular flexibility index (Phi) is 5.59. The van der Waals surface area contributed by atoms with Gasteiger partial charge >= 0.3 is 5.97 Å². The van der Waals surface area contributed by atoms with Gasteiger partial charge in [0, 0.05) is 32.0 Å². The van der Waals surface area contributed by atoms with Crippen LogP contribution in [-0.4, -0.2) is 34.6 Å². The maximum absolute atomic E-state index is 11.2. The number of nitrogens with zero attached hydrogens (tertiary/aromatic N) is 2. The number of aromatic nitrogens is 2. The van der Waals surface area contributed by atoms with Crippen LogP contribution in [0.3, 0.4) is 0 Å². The summed E-state index contributed by atoms with van der Waals surface area (Å²) in [5.74, 6) is -0.283. The molecule has 7 heteroatoms. The van der Waals surface area contributed by atoms with Gasteiger partial charge < -0.3 is 19.9 Å². The molecule has 0 spiro atoms. The topological polar surface area (TPSA) is 85.6 Å². The van der Waals surface area contributed by atoms with Crippen LogP contribution in [0.1, 0.15) is 28.5 Å². The van der Waals surface area contributed by atoms with E-state index in [0.717, 1.165) is 16.9 Å². The van der Waals surface area contributed by atoms with E-state index in [2.05, 4.69) is 10.4 Å². The first-order valence-electron chi connectivity index (χ1n) is 7.29. The lowest BCUT2D eigenvalue weighted by Gasteiger charge is -2.11. The SMILES string of the molecule is CCOCc1cc(CNc2cn(C)nc2C(=O)O)ccc1OC. The van der Waals surface area contributed by atoms with Gasteiger partial charge in [0.1, 0.15) is 5.75 Å². The third-order valence-electron chi connectivity index (χ3n) is 3.32. The van der Waals surface area contributed by atoms with Crippen molar-refractivity contribution in [2.45, 2.75) is 20.1 Å². The summed E-state index contributed by atoms with van der Waals surface area (Å²) in [6.07, 6.45) is 1.65. The van der Waals surface area contributed by atoms with Crippen molar-refractivity contribution >= 4 is 11.7 Å². The second-order valence-corrected chi connectivity index (χ2v) is 5.01. The lowest BCUT2D eigenvalue weighted by atomic mass is 10.1. The minimum atomic E-state index is -1.06. The van der Waals surface area contributed by atoms with Crippen molar-refractivity contribution in [2.24, 2.45) is 7.05 Å². The van der Waals surface area contributed by atoms with Crippen molar-refractivity contribution < 1.29 is 19.4 Å². The van der Waals surface area contributed by atoms with Crippen LogP contribution in [0.5, 0.6) is 5.75 Å². The number of hydrogen-bond acceptors (Lipinski definition) is 5. The number of carbonyl (C=O) groups is 1. The second-order valence-electron chi connectivity index (χ2n) is 5.01. The number of methoxy groups -OCH3 is 1. The smallest absolute Gasteiger partial charge is 0.358 e. The summed E-state index contributed by atoms with van der Waals surface area (Å²) < 4.78 is 12.2. The van der Waals surface area contributed by atoms with Crippen molar-refractivity contribution in [3.63, 3.8) is 0 Å². The first-order chi connectivity index (χ1) is 11.0. The Morgan fingerprint density at radius 3 is 2.87 bits per heavy atom. The highest BCUT2D eigenvalue weighted by atomic mass is 16.5. The van der Waals surface area contributed by atoms with E-state index >= 15 is 0 Å². The molecule has 0 aliphatic carbocycles. The number of carboxylic acids is 1. The fraction of sp³-hybridized carbons (Fsp3) is 0.375. The predicted molar refractivity (Wildman–Crippen MR) is 85.8 cm³/mol. The zero-order valence-corrected chi connectivity index (χ0v) is 13.5. The molecule has 124 valence electrons. The quantitative estimate of drug-likeness (QED) is 0.776. The fourth-order valence-corrected chi connectivity index (χ4v) is 2.24. The zero-order chi connectivity index (χ0) is 16.8. The van der Waals surface area contributed by atoms with Crippen molar-refractivity contribution in [1.82, 2.24) is 9.78 Å². The van der Waals surface area contributed by atoms with E-state index in [0.29, 0.717) is 25.4 Å². The van der Waals surface area contributed by atoms with E-state index in [1.54, 1.807) is 20.4 Å². The molecule has 1 aromatic carbocycles. The molecule has 0 aliphatic rings. The number of rotatable bonds is 8. The highest BCUT2D eigenvalue weighted by Gasteiger charge is 2.14. The molecule has 1 aromatic heterocycles. The Morgan fingerprint density at radius 2 is 2.22 bits per heavy atom. The average molecular weight is 319 g/mol. The highest BCUT2D eigenvalue weighted by Crippen LogP contribution is 2.22.